The van der Waals surface area contributed by atoms with Crippen LogP contribution in [0.1, 0.15) is 26.7 Å². The van der Waals surface area contributed by atoms with Gasteiger partial charge in [-0.25, -0.2) is 4.79 Å². The Bertz CT molecular complexity index is 339. The Balaban J connectivity index is 5.06. The normalized spacial score (nSPS) is 12.9. The van der Waals surface area contributed by atoms with E-state index >= 15 is 0 Å². The summed E-state index contributed by atoms with van der Waals surface area (Å²) in [6.45, 7) is 3.95. The first-order valence-electron chi connectivity index (χ1n) is 6.22. The van der Waals surface area contributed by atoms with Crippen LogP contribution in [0.4, 0.5) is 0 Å². The summed E-state index contributed by atoms with van der Waals surface area (Å²) in [5.41, 5.74) is 5.28. The molecule has 0 unspecified atom stereocenters. The highest BCUT2D eigenvalue weighted by Crippen LogP contribution is 2.08. The molecule has 0 radical (unpaired) electrons. The van der Waals surface area contributed by atoms with Gasteiger partial charge in [0.1, 0.15) is 5.84 Å². The van der Waals surface area contributed by atoms with Crippen molar-refractivity contribution in [1.29, 1.82) is 0 Å². The minimum atomic E-state index is -0.797. The van der Waals surface area contributed by atoms with Crippen LogP contribution in [0, 0.1) is 0 Å². The van der Waals surface area contributed by atoms with E-state index in [9.17, 15) is 9.90 Å². The Hall–Kier alpha value is -1.76. The van der Waals surface area contributed by atoms with Crippen molar-refractivity contribution in [1.82, 2.24) is 0 Å². The van der Waals surface area contributed by atoms with E-state index in [0.717, 1.165) is 0 Å². The van der Waals surface area contributed by atoms with Gasteiger partial charge < -0.3 is 25.4 Å². The minimum absolute atomic E-state index is 0.0252. The quantitative estimate of drug-likeness (QED) is 0.185. The lowest BCUT2D eigenvalue weighted by molar-refractivity contribution is -0.139. The number of hydrogen-bond donors (Lipinski definition) is 3. The van der Waals surface area contributed by atoms with Crippen molar-refractivity contribution in [2.45, 2.75) is 26.7 Å². The van der Waals surface area contributed by atoms with Gasteiger partial charge in [-0.2, -0.15) is 0 Å². The molecule has 0 heterocycles. The number of aliphatic hydroxyl groups is 2. The molecule has 0 spiro atoms. The topological polar surface area (TPSA) is 114 Å². The van der Waals surface area contributed by atoms with Crippen molar-refractivity contribution >= 4 is 11.8 Å². The number of esters is 1. The molecule has 110 valence electrons. The summed E-state index contributed by atoms with van der Waals surface area (Å²) in [4.78, 5) is 15.5. The number of carbonyl (C=O) groups excluding carboxylic acids is 1. The molecule has 0 aromatic carbocycles. The third kappa shape index (κ3) is 6.66. The van der Waals surface area contributed by atoms with Crippen LogP contribution in [0.25, 0.3) is 0 Å². The molecule has 0 aliphatic heterocycles. The summed E-state index contributed by atoms with van der Waals surface area (Å²) in [7, 11) is 0. The minimum Gasteiger partial charge on any atom is -0.480 e. The highest BCUT2D eigenvalue weighted by molar-refractivity contribution is 6.18. The molecule has 7 heteroatoms. The van der Waals surface area contributed by atoms with Crippen molar-refractivity contribution in [3.63, 3.8) is 0 Å². The van der Waals surface area contributed by atoms with E-state index < -0.39 is 11.9 Å². The predicted molar refractivity (Wildman–Crippen MR) is 70.7 cm³/mol. The van der Waals surface area contributed by atoms with E-state index in [1.807, 2.05) is 13.8 Å². The average Bonchev–Trinajstić information content (AvgIpc) is 2.40. The summed E-state index contributed by atoms with van der Waals surface area (Å²) >= 11 is 0. The molecule has 0 aliphatic rings. The van der Waals surface area contributed by atoms with Crippen molar-refractivity contribution in [3.8, 4) is 0 Å². The Morgan fingerprint density at radius 1 is 1.21 bits per heavy atom. The lowest BCUT2D eigenvalue weighted by Gasteiger charge is -2.10. The van der Waals surface area contributed by atoms with E-state index in [4.69, 9.17) is 20.3 Å². The Labute approximate surface area is 112 Å². The molecular weight excluding hydrogens is 252 g/mol. The molecule has 0 rings (SSSR count). The molecule has 0 aliphatic carbocycles. The fourth-order valence-electron chi connectivity index (χ4n) is 1.09. The molecule has 0 amide bonds. The van der Waals surface area contributed by atoms with Crippen molar-refractivity contribution < 1.29 is 24.5 Å². The zero-order valence-corrected chi connectivity index (χ0v) is 11.4. The van der Waals surface area contributed by atoms with Gasteiger partial charge in [0.2, 0.25) is 0 Å². The number of ether oxygens (including phenoxy) is 2. The highest BCUT2D eigenvalue weighted by Gasteiger charge is 2.22. The number of nitrogens with zero attached hydrogens (tertiary/aromatic N) is 1. The number of amidine groups is 1. The lowest BCUT2D eigenvalue weighted by Crippen LogP contribution is -2.26. The van der Waals surface area contributed by atoms with Crippen LogP contribution in [0.15, 0.2) is 16.5 Å². The highest BCUT2D eigenvalue weighted by atomic mass is 16.6. The van der Waals surface area contributed by atoms with E-state index in [1.54, 1.807) is 0 Å². The third-order valence-electron chi connectivity index (χ3n) is 1.94. The zero-order chi connectivity index (χ0) is 14.7. The fraction of sp³-hybridized carbons (Fsp3) is 0.667. The van der Waals surface area contributed by atoms with Crippen LogP contribution in [-0.2, 0) is 14.3 Å². The number of aliphatic hydroxyl groups excluding tert-OH is 2. The molecule has 0 aromatic rings. The summed E-state index contributed by atoms with van der Waals surface area (Å²) in [6.07, 6.45) is 1.30. The maximum Gasteiger partial charge on any atom is 0.349 e. The first-order valence-corrected chi connectivity index (χ1v) is 6.22. The molecule has 19 heavy (non-hydrogen) atoms. The standard InChI is InChI=1S/C12H22N2O5/c1-3-7-18-11(16)9(10(13)14-5-6-15)12(17)19-8-4-2/h15-16H,3-8H2,1-2H3,(H2,13,14)/b11-9+. The fourth-order valence-corrected chi connectivity index (χ4v) is 1.09. The number of nitrogens with two attached hydrogens (primary N) is 1. The molecule has 0 saturated carbocycles. The number of carbonyl (C=O) groups is 1. The van der Waals surface area contributed by atoms with Gasteiger partial charge in [0.15, 0.2) is 5.57 Å². The van der Waals surface area contributed by atoms with E-state index in [1.165, 1.54) is 0 Å². The molecule has 0 saturated heterocycles. The predicted octanol–water partition coefficient (Wildman–Crippen LogP) is 0.485. The second kappa shape index (κ2) is 10.2. The molecule has 0 aromatic heterocycles. The van der Waals surface area contributed by atoms with Gasteiger partial charge in [0.05, 0.1) is 26.4 Å². The molecular formula is C12H22N2O5. The van der Waals surface area contributed by atoms with Gasteiger partial charge in [-0.1, -0.05) is 13.8 Å². The van der Waals surface area contributed by atoms with Crippen molar-refractivity contribution in [3.05, 3.63) is 11.5 Å². The smallest absolute Gasteiger partial charge is 0.349 e. The van der Waals surface area contributed by atoms with E-state index in [0.29, 0.717) is 12.8 Å². The maximum atomic E-state index is 11.8. The average molecular weight is 274 g/mol. The van der Waals surface area contributed by atoms with Crippen LogP contribution in [0.3, 0.4) is 0 Å². The third-order valence-corrected chi connectivity index (χ3v) is 1.94. The van der Waals surface area contributed by atoms with Crippen LogP contribution in [0.2, 0.25) is 0 Å². The van der Waals surface area contributed by atoms with E-state index in [2.05, 4.69) is 4.99 Å². The largest absolute Gasteiger partial charge is 0.480 e. The van der Waals surface area contributed by atoms with Crippen LogP contribution in [0.5, 0.6) is 0 Å². The van der Waals surface area contributed by atoms with Crippen LogP contribution in [-0.4, -0.2) is 48.4 Å². The van der Waals surface area contributed by atoms with Crippen LogP contribution < -0.4 is 5.73 Å². The maximum absolute atomic E-state index is 11.8. The number of aliphatic imine (C=N–C) groups is 1. The number of rotatable bonds is 9. The number of hydrogen-bond acceptors (Lipinski definition) is 6. The Morgan fingerprint density at radius 2 is 1.79 bits per heavy atom. The monoisotopic (exact) mass is 274 g/mol. The second-order valence-corrected chi connectivity index (χ2v) is 3.66. The second-order valence-electron chi connectivity index (χ2n) is 3.66. The molecule has 0 bridgehead atoms. The van der Waals surface area contributed by atoms with Crippen LogP contribution >= 0.6 is 0 Å². The molecule has 0 atom stereocenters. The van der Waals surface area contributed by atoms with Gasteiger partial charge in [-0.05, 0) is 12.8 Å². The van der Waals surface area contributed by atoms with Gasteiger partial charge >= 0.3 is 5.97 Å². The molecule has 0 fully saturated rings. The van der Waals surface area contributed by atoms with Crippen molar-refractivity contribution in [2.24, 2.45) is 10.7 Å². The van der Waals surface area contributed by atoms with Gasteiger partial charge in [-0.3, -0.25) is 4.99 Å². The molecule has 4 N–H and O–H groups in total. The zero-order valence-electron chi connectivity index (χ0n) is 11.4. The lowest BCUT2D eigenvalue weighted by atomic mass is 10.2. The van der Waals surface area contributed by atoms with Gasteiger partial charge in [-0.15, -0.1) is 0 Å². The summed E-state index contributed by atoms with van der Waals surface area (Å²) < 4.78 is 9.86. The Kier molecular flexibility index (Phi) is 9.25. The summed E-state index contributed by atoms with van der Waals surface area (Å²) in [5.74, 6) is -1.62. The van der Waals surface area contributed by atoms with E-state index in [-0.39, 0.29) is 37.8 Å². The van der Waals surface area contributed by atoms with Gasteiger partial charge in [0, 0.05) is 0 Å². The summed E-state index contributed by atoms with van der Waals surface area (Å²) in [5, 5.41) is 18.4. The first-order chi connectivity index (χ1) is 9.08. The first kappa shape index (κ1) is 17.2. The SMILES string of the molecule is CCCOC(=O)/C(C(N)=NCCO)=C(\O)OCCC. The molecule has 7 nitrogen and oxygen atoms in total. The van der Waals surface area contributed by atoms with Gasteiger partial charge in [0.25, 0.3) is 5.95 Å². The van der Waals surface area contributed by atoms with Crippen molar-refractivity contribution in [2.75, 3.05) is 26.4 Å². The summed E-state index contributed by atoms with van der Waals surface area (Å²) in [6, 6.07) is 0. The Morgan fingerprint density at radius 3 is 2.32 bits per heavy atom.